The normalized spacial score (nSPS) is 24.5. The minimum Gasteiger partial charge on any atom is -0.274 e. The van der Waals surface area contributed by atoms with Gasteiger partial charge in [0.25, 0.3) is 0 Å². The van der Waals surface area contributed by atoms with E-state index < -0.39 is 0 Å². The summed E-state index contributed by atoms with van der Waals surface area (Å²) >= 11 is 0. The maximum Gasteiger partial charge on any atom is 0.238 e. The number of hydrogen-bond donors (Lipinski definition) is 0. The molecule has 4 unspecified atom stereocenters. The number of carbonyl (C=O) groups excluding carboxylic acids is 2. The molecule has 6 rings (SSSR count). The van der Waals surface area contributed by atoms with Gasteiger partial charge in [-0.2, -0.15) is 0 Å². The van der Waals surface area contributed by atoms with Crippen LogP contribution < -0.4 is 4.90 Å². The summed E-state index contributed by atoms with van der Waals surface area (Å²) in [6.07, 6.45) is 4.33. The van der Waals surface area contributed by atoms with Crippen LogP contribution >= 0.6 is 0 Å². The lowest BCUT2D eigenvalue weighted by molar-refractivity contribution is -0.122. The lowest BCUT2D eigenvalue weighted by Crippen LogP contribution is -2.33. The molecule has 2 aliphatic carbocycles. The minimum atomic E-state index is -0.334. The lowest BCUT2D eigenvalue weighted by Gasteiger charge is -2.23. The molecule has 0 aromatic heterocycles. The SMILES string of the molecule is Cc1ccc(C(=C2C3C=CC2C2C(=O)N(c4ccc(C)cc4C)C(=O)C32)c2ccc(C)cc2)cc1. The first-order valence-corrected chi connectivity index (χ1v) is 12.4. The standard InChI is InChI=1S/C32H29NO2/c1-18-5-10-22(11-6-18)27(23-12-7-19(2)8-13-23)28-24-14-15-25(28)30-29(24)31(34)33(32(30)35)26-16-9-20(3)17-21(26)4/h5-17,24-25,29-30H,1-4H3. The summed E-state index contributed by atoms with van der Waals surface area (Å²) in [6.45, 7) is 8.18. The number of allylic oxidation sites excluding steroid dienone is 3. The molecule has 0 radical (unpaired) electrons. The molecule has 35 heavy (non-hydrogen) atoms. The van der Waals surface area contributed by atoms with Crippen LogP contribution in [0.3, 0.4) is 0 Å². The number of amides is 2. The zero-order chi connectivity index (χ0) is 24.4. The fourth-order valence-corrected chi connectivity index (χ4v) is 6.33. The monoisotopic (exact) mass is 459 g/mol. The van der Waals surface area contributed by atoms with Crippen LogP contribution in [0, 0.1) is 51.4 Å². The molecule has 0 N–H and O–H groups in total. The predicted molar refractivity (Wildman–Crippen MR) is 140 cm³/mol. The van der Waals surface area contributed by atoms with Crippen molar-refractivity contribution in [2.45, 2.75) is 27.7 Å². The highest BCUT2D eigenvalue weighted by molar-refractivity contribution is 6.23. The second kappa shape index (κ2) is 7.91. The van der Waals surface area contributed by atoms with E-state index in [2.05, 4.69) is 74.5 Å². The first-order valence-electron chi connectivity index (χ1n) is 12.4. The summed E-state index contributed by atoms with van der Waals surface area (Å²) in [6, 6.07) is 23.1. The van der Waals surface area contributed by atoms with Gasteiger partial charge in [0.1, 0.15) is 0 Å². The third kappa shape index (κ3) is 3.25. The van der Waals surface area contributed by atoms with E-state index in [1.807, 2.05) is 32.0 Å². The number of benzene rings is 3. The molecule has 3 aromatic carbocycles. The molecule has 4 atom stereocenters. The van der Waals surface area contributed by atoms with E-state index >= 15 is 0 Å². The Morgan fingerprint density at radius 2 is 1.09 bits per heavy atom. The molecule has 2 bridgehead atoms. The van der Waals surface area contributed by atoms with Gasteiger partial charge in [0.15, 0.2) is 0 Å². The Hall–Kier alpha value is -3.72. The van der Waals surface area contributed by atoms with Crippen molar-refractivity contribution >= 4 is 23.1 Å². The Bertz CT molecular complexity index is 1340. The summed E-state index contributed by atoms with van der Waals surface area (Å²) in [5.74, 6) is -0.912. The summed E-state index contributed by atoms with van der Waals surface area (Å²) in [4.78, 5) is 29.1. The molecular weight excluding hydrogens is 430 g/mol. The molecule has 1 aliphatic heterocycles. The molecule has 2 amide bonds. The minimum absolute atomic E-state index is 0.0604. The van der Waals surface area contributed by atoms with Crippen molar-refractivity contribution < 1.29 is 9.59 Å². The molecule has 174 valence electrons. The highest BCUT2D eigenvalue weighted by Crippen LogP contribution is 2.59. The van der Waals surface area contributed by atoms with Gasteiger partial charge in [0.05, 0.1) is 17.5 Å². The Labute approximate surface area is 206 Å². The molecular formula is C32H29NO2. The Morgan fingerprint density at radius 1 is 0.629 bits per heavy atom. The Morgan fingerprint density at radius 3 is 1.54 bits per heavy atom. The number of carbonyl (C=O) groups is 2. The van der Waals surface area contributed by atoms with Crippen molar-refractivity contribution in [3.8, 4) is 0 Å². The van der Waals surface area contributed by atoms with Crippen molar-refractivity contribution in [3.05, 3.63) is 118 Å². The molecule has 2 fully saturated rings. The van der Waals surface area contributed by atoms with Crippen LogP contribution in [0.4, 0.5) is 5.69 Å². The van der Waals surface area contributed by atoms with Crippen molar-refractivity contribution in [2.24, 2.45) is 23.7 Å². The van der Waals surface area contributed by atoms with E-state index in [1.165, 1.54) is 21.6 Å². The average Bonchev–Trinajstić information content (AvgIpc) is 3.46. The van der Waals surface area contributed by atoms with Crippen molar-refractivity contribution in [1.29, 1.82) is 0 Å². The zero-order valence-electron chi connectivity index (χ0n) is 20.6. The third-order valence-corrected chi connectivity index (χ3v) is 7.98. The number of imide groups is 1. The van der Waals surface area contributed by atoms with E-state index in [-0.39, 0.29) is 35.5 Å². The van der Waals surface area contributed by atoms with Gasteiger partial charge in [-0.15, -0.1) is 0 Å². The maximum absolute atomic E-state index is 13.8. The highest BCUT2D eigenvalue weighted by atomic mass is 16.2. The van der Waals surface area contributed by atoms with Gasteiger partial charge in [0.2, 0.25) is 11.8 Å². The smallest absolute Gasteiger partial charge is 0.238 e. The van der Waals surface area contributed by atoms with Gasteiger partial charge in [-0.25, -0.2) is 4.90 Å². The van der Waals surface area contributed by atoms with E-state index in [0.717, 1.165) is 33.5 Å². The largest absolute Gasteiger partial charge is 0.274 e. The van der Waals surface area contributed by atoms with Gasteiger partial charge in [-0.1, -0.05) is 89.5 Å². The number of rotatable bonds is 3. The van der Waals surface area contributed by atoms with Gasteiger partial charge >= 0.3 is 0 Å². The van der Waals surface area contributed by atoms with Crippen LogP contribution in [0.1, 0.15) is 33.4 Å². The fourth-order valence-electron chi connectivity index (χ4n) is 6.33. The number of nitrogens with zero attached hydrogens (tertiary/aromatic N) is 1. The van der Waals surface area contributed by atoms with Crippen molar-refractivity contribution in [3.63, 3.8) is 0 Å². The van der Waals surface area contributed by atoms with E-state index in [1.54, 1.807) is 0 Å². The second-order valence-electron chi connectivity index (χ2n) is 10.4. The van der Waals surface area contributed by atoms with Gasteiger partial charge in [-0.3, -0.25) is 9.59 Å². The number of aryl methyl sites for hydroxylation is 4. The van der Waals surface area contributed by atoms with Crippen LogP contribution in [-0.2, 0) is 9.59 Å². The van der Waals surface area contributed by atoms with Crippen molar-refractivity contribution in [2.75, 3.05) is 4.90 Å². The second-order valence-corrected chi connectivity index (χ2v) is 10.4. The Balaban J connectivity index is 1.49. The van der Waals surface area contributed by atoms with Crippen LogP contribution in [0.25, 0.3) is 5.57 Å². The summed E-state index contributed by atoms with van der Waals surface area (Å²) in [5.41, 5.74) is 9.89. The quantitative estimate of drug-likeness (QED) is 0.338. The molecule has 3 aromatic rings. The average molecular weight is 460 g/mol. The van der Waals surface area contributed by atoms with E-state index in [9.17, 15) is 9.59 Å². The van der Waals surface area contributed by atoms with Gasteiger partial charge in [-0.05, 0) is 61.6 Å². The lowest BCUT2D eigenvalue weighted by atomic mass is 9.85. The topological polar surface area (TPSA) is 37.4 Å². The van der Waals surface area contributed by atoms with Crippen LogP contribution in [0.15, 0.2) is 84.5 Å². The fraction of sp³-hybridized carbons (Fsp3) is 0.250. The van der Waals surface area contributed by atoms with Crippen LogP contribution in [-0.4, -0.2) is 11.8 Å². The predicted octanol–water partition coefficient (Wildman–Crippen LogP) is 6.34. The number of fused-ring (bicyclic) bond motifs is 5. The maximum atomic E-state index is 13.8. The summed E-state index contributed by atoms with van der Waals surface area (Å²) in [5, 5.41) is 0. The summed E-state index contributed by atoms with van der Waals surface area (Å²) < 4.78 is 0. The molecule has 3 heteroatoms. The first kappa shape index (κ1) is 21.8. The molecule has 1 heterocycles. The van der Waals surface area contributed by atoms with E-state index in [4.69, 9.17) is 0 Å². The van der Waals surface area contributed by atoms with Crippen molar-refractivity contribution in [1.82, 2.24) is 0 Å². The molecule has 1 saturated carbocycles. The molecule has 0 spiro atoms. The number of hydrogen-bond acceptors (Lipinski definition) is 2. The summed E-state index contributed by atoms with van der Waals surface area (Å²) in [7, 11) is 0. The molecule has 1 saturated heterocycles. The molecule has 3 aliphatic rings. The van der Waals surface area contributed by atoms with Gasteiger partial charge in [0, 0.05) is 11.8 Å². The zero-order valence-corrected chi connectivity index (χ0v) is 20.6. The molecule has 3 nitrogen and oxygen atoms in total. The first-order chi connectivity index (χ1) is 16.8. The highest BCUT2D eigenvalue weighted by Gasteiger charge is 2.62. The van der Waals surface area contributed by atoms with Crippen LogP contribution in [0.5, 0.6) is 0 Å². The Kier molecular flexibility index (Phi) is 4.93. The van der Waals surface area contributed by atoms with E-state index in [0.29, 0.717) is 0 Å². The third-order valence-electron chi connectivity index (χ3n) is 7.98. The van der Waals surface area contributed by atoms with Gasteiger partial charge < -0.3 is 0 Å². The number of anilines is 1. The van der Waals surface area contributed by atoms with Crippen LogP contribution in [0.2, 0.25) is 0 Å².